The van der Waals surface area contributed by atoms with Gasteiger partial charge in [0.2, 0.25) is 11.7 Å². The van der Waals surface area contributed by atoms with Crippen LogP contribution in [0.4, 0.5) is 14.7 Å². The first-order chi connectivity index (χ1) is 15.3. The number of hydrogen-bond donors (Lipinski definition) is 2. The fourth-order valence-electron chi connectivity index (χ4n) is 3.60. The van der Waals surface area contributed by atoms with Crippen molar-refractivity contribution in [3.63, 3.8) is 0 Å². The number of carbonyl (C=O) groups is 2. The number of halogens is 2. The average molecular weight is 437 g/mol. The highest BCUT2D eigenvalue weighted by Gasteiger charge is 2.47. The molecule has 0 spiro atoms. The molecule has 0 bridgehead atoms. The molecule has 9 nitrogen and oxygen atoms in total. The Labute approximate surface area is 178 Å². The molecule has 0 radical (unpaired) electrons. The second-order valence-corrected chi connectivity index (χ2v) is 7.05. The van der Waals surface area contributed by atoms with Gasteiger partial charge in [-0.15, -0.1) is 0 Å². The van der Waals surface area contributed by atoms with Gasteiger partial charge in [-0.25, -0.2) is 18.7 Å². The van der Waals surface area contributed by atoms with Gasteiger partial charge in [0.05, 0.1) is 18.1 Å². The number of Topliss-reactive ketones (excluding diaryl/α,β-unsaturated/α-hetero) is 1. The van der Waals surface area contributed by atoms with Crippen LogP contribution in [0.3, 0.4) is 0 Å². The summed E-state index contributed by atoms with van der Waals surface area (Å²) in [5.74, 6) is -4.59. The predicted molar refractivity (Wildman–Crippen MR) is 106 cm³/mol. The molecule has 1 aliphatic rings. The Bertz CT molecular complexity index is 1440. The highest BCUT2D eigenvalue weighted by atomic mass is 19.1. The van der Waals surface area contributed by atoms with Crippen LogP contribution in [-0.2, 0) is 4.79 Å². The highest BCUT2D eigenvalue weighted by molar-refractivity contribution is 6.19. The van der Waals surface area contributed by atoms with Crippen molar-refractivity contribution in [2.24, 2.45) is 0 Å². The molecule has 0 fully saturated rings. The van der Waals surface area contributed by atoms with Gasteiger partial charge < -0.3 is 14.5 Å². The summed E-state index contributed by atoms with van der Waals surface area (Å²) in [5, 5.41) is 10.6. The zero-order chi connectivity index (χ0) is 22.6. The van der Waals surface area contributed by atoms with Crippen molar-refractivity contribution in [3.8, 4) is 0 Å². The molecule has 1 aliphatic heterocycles. The van der Waals surface area contributed by atoms with Gasteiger partial charge in [-0.05, 0) is 25.1 Å². The molecule has 1 unspecified atom stereocenters. The zero-order valence-electron chi connectivity index (χ0n) is 16.3. The van der Waals surface area contributed by atoms with Crippen LogP contribution in [0, 0.1) is 18.6 Å². The lowest BCUT2D eigenvalue weighted by Crippen LogP contribution is -2.33. The summed E-state index contributed by atoms with van der Waals surface area (Å²) in [6, 6.07) is 4.11. The maximum absolute atomic E-state index is 14.8. The highest BCUT2D eigenvalue weighted by Crippen LogP contribution is 2.42. The Balaban J connectivity index is 1.71. The third-order valence-corrected chi connectivity index (χ3v) is 5.05. The summed E-state index contributed by atoms with van der Waals surface area (Å²) in [6.45, 7) is 1.61. The van der Waals surface area contributed by atoms with E-state index in [0.29, 0.717) is 17.3 Å². The molecule has 5 rings (SSSR count). The first kappa shape index (κ1) is 19.5. The molecular formula is C21H13F2N5O4. The van der Waals surface area contributed by atoms with Crippen molar-refractivity contribution in [2.75, 3.05) is 4.90 Å². The number of furan rings is 1. The Morgan fingerprint density at radius 1 is 1.22 bits per heavy atom. The van der Waals surface area contributed by atoms with Gasteiger partial charge >= 0.3 is 0 Å². The van der Waals surface area contributed by atoms with E-state index in [1.807, 2.05) is 0 Å². The van der Waals surface area contributed by atoms with Crippen LogP contribution in [0.2, 0.25) is 0 Å². The van der Waals surface area contributed by atoms with E-state index in [4.69, 9.17) is 4.42 Å². The number of aromatic nitrogens is 4. The molecule has 1 amide bonds. The van der Waals surface area contributed by atoms with Crippen LogP contribution in [0.25, 0.3) is 11.2 Å². The van der Waals surface area contributed by atoms with E-state index in [0.717, 1.165) is 17.0 Å². The molecule has 1 atom stereocenters. The summed E-state index contributed by atoms with van der Waals surface area (Å²) >= 11 is 0. The number of anilines is 1. The molecule has 160 valence electrons. The van der Waals surface area contributed by atoms with Gasteiger partial charge in [0.25, 0.3) is 5.91 Å². The van der Waals surface area contributed by atoms with E-state index in [-0.39, 0.29) is 22.9 Å². The number of nitrogens with zero attached hydrogens (tertiary/aromatic N) is 4. The minimum Gasteiger partial charge on any atom is -0.503 e. The predicted octanol–water partition coefficient (Wildman–Crippen LogP) is 3.32. The fourth-order valence-corrected chi connectivity index (χ4v) is 3.60. The normalized spacial score (nSPS) is 16.4. The second-order valence-electron chi connectivity index (χ2n) is 7.05. The van der Waals surface area contributed by atoms with Gasteiger partial charge in [0, 0.05) is 11.6 Å². The number of aliphatic hydroxyl groups is 1. The number of imidazole rings is 1. The number of amides is 1. The summed E-state index contributed by atoms with van der Waals surface area (Å²) in [6.07, 6.45) is 2.70. The molecule has 0 saturated carbocycles. The molecule has 32 heavy (non-hydrogen) atoms. The number of aromatic amines is 1. The maximum Gasteiger partial charge on any atom is 0.296 e. The maximum atomic E-state index is 14.8. The molecule has 4 heterocycles. The van der Waals surface area contributed by atoms with E-state index >= 15 is 0 Å². The number of ketones is 1. The van der Waals surface area contributed by atoms with Crippen molar-refractivity contribution < 1.29 is 27.9 Å². The van der Waals surface area contributed by atoms with Crippen LogP contribution >= 0.6 is 0 Å². The van der Waals surface area contributed by atoms with Gasteiger partial charge in [-0.2, -0.15) is 4.98 Å². The number of carbonyl (C=O) groups excluding carboxylic acids is 2. The lowest BCUT2D eigenvalue weighted by Gasteiger charge is -2.25. The van der Waals surface area contributed by atoms with E-state index in [1.54, 1.807) is 6.92 Å². The summed E-state index contributed by atoms with van der Waals surface area (Å²) in [4.78, 5) is 42.1. The minimum atomic E-state index is -1.47. The molecule has 2 N–H and O–H groups in total. The standard InChI is InChI=1S/C21H13F2N5O4/c1-9-2-5-14(32-9)17(29)15-16(11-4-3-10(22)6-12(11)23)28(20(31)18(15)30)21-24-7-13-19(27-21)26-8-25-13/h2-8,16,30H,1H3,(H,24,25,26,27). The number of aryl methyl sites for hydroxylation is 1. The molecule has 1 aromatic carbocycles. The number of H-pyrrole nitrogens is 1. The Morgan fingerprint density at radius 3 is 2.75 bits per heavy atom. The smallest absolute Gasteiger partial charge is 0.296 e. The number of rotatable bonds is 4. The quantitative estimate of drug-likeness (QED) is 0.469. The van der Waals surface area contributed by atoms with Crippen LogP contribution < -0.4 is 4.90 Å². The van der Waals surface area contributed by atoms with Gasteiger partial charge in [0.15, 0.2) is 17.2 Å². The van der Waals surface area contributed by atoms with E-state index in [1.165, 1.54) is 24.7 Å². The Morgan fingerprint density at radius 2 is 2.03 bits per heavy atom. The van der Waals surface area contributed by atoms with Crippen molar-refractivity contribution >= 4 is 28.8 Å². The number of aliphatic hydroxyl groups excluding tert-OH is 1. The van der Waals surface area contributed by atoms with Gasteiger partial charge in [-0.1, -0.05) is 6.07 Å². The summed E-state index contributed by atoms with van der Waals surface area (Å²) in [7, 11) is 0. The van der Waals surface area contributed by atoms with Crippen LogP contribution in [0.15, 0.2) is 58.6 Å². The molecular weight excluding hydrogens is 424 g/mol. The Kier molecular flexibility index (Phi) is 4.33. The Hall–Kier alpha value is -4.41. The first-order valence-electron chi connectivity index (χ1n) is 9.34. The largest absolute Gasteiger partial charge is 0.503 e. The molecule has 11 heteroatoms. The third kappa shape index (κ3) is 2.94. The lowest BCUT2D eigenvalue weighted by atomic mass is 9.94. The van der Waals surface area contributed by atoms with Crippen molar-refractivity contribution in [3.05, 3.63) is 82.9 Å². The molecule has 4 aromatic rings. The van der Waals surface area contributed by atoms with E-state index in [2.05, 4.69) is 19.9 Å². The molecule has 0 aliphatic carbocycles. The third-order valence-electron chi connectivity index (χ3n) is 5.05. The van der Waals surface area contributed by atoms with Crippen molar-refractivity contribution in [2.45, 2.75) is 13.0 Å². The van der Waals surface area contributed by atoms with Crippen molar-refractivity contribution in [1.82, 2.24) is 19.9 Å². The van der Waals surface area contributed by atoms with Gasteiger partial charge in [0.1, 0.15) is 29.0 Å². The molecule has 3 aromatic heterocycles. The minimum absolute atomic E-state index is 0.156. The second kappa shape index (κ2) is 7.08. The average Bonchev–Trinajstić information content (AvgIpc) is 3.46. The number of nitrogens with one attached hydrogen (secondary N) is 1. The molecule has 0 saturated heterocycles. The fraction of sp³-hybridized carbons (Fsp3) is 0.0952. The van der Waals surface area contributed by atoms with Crippen LogP contribution in [0.5, 0.6) is 0 Å². The van der Waals surface area contributed by atoms with Crippen molar-refractivity contribution in [1.29, 1.82) is 0 Å². The van der Waals surface area contributed by atoms with Crippen LogP contribution in [-0.4, -0.2) is 36.7 Å². The first-order valence-corrected chi connectivity index (χ1v) is 9.34. The topological polar surface area (TPSA) is 125 Å². The monoisotopic (exact) mass is 437 g/mol. The number of benzene rings is 1. The summed E-state index contributed by atoms with van der Waals surface area (Å²) < 4.78 is 33.7. The van der Waals surface area contributed by atoms with Crippen LogP contribution in [0.1, 0.15) is 27.9 Å². The number of hydrogen-bond acceptors (Lipinski definition) is 7. The van der Waals surface area contributed by atoms with E-state index < -0.39 is 40.7 Å². The van der Waals surface area contributed by atoms with Gasteiger partial charge in [-0.3, -0.25) is 14.5 Å². The number of fused-ring (bicyclic) bond motifs is 1. The van der Waals surface area contributed by atoms with E-state index in [9.17, 15) is 23.5 Å². The lowest BCUT2D eigenvalue weighted by molar-refractivity contribution is -0.117. The summed E-state index contributed by atoms with van der Waals surface area (Å²) in [5.41, 5.74) is 0.0124. The zero-order valence-corrected chi connectivity index (χ0v) is 16.3. The SMILES string of the molecule is Cc1ccc(C(=O)C2=C(O)C(=O)N(c3ncc4nc[nH]c4n3)C2c2ccc(F)cc2F)o1.